The van der Waals surface area contributed by atoms with Gasteiger partial charge in [0.15, 0.2) is 5.65 Å². The summed E-state index contributed by atoms with van der Waals surface area (Å²) in [6.45, 7) is 0.841. The molecule has 0 spiro atoms. The number of piperidine rings is 1. The van der Waals surface area contributed by atoms with E-state index in [-0.39, 0.29) is 5.91 Å². The maximum Gasteiger partial charge on any atom is 0.255 e. The highest BCUT2D eigenvalue weighted by Gasteiger charge is 2.27. The number of pyridine rings is 1. The van der Waals surface area contributed by atoms with E-state index in [0.717, 1.165) is 43.4 Å². The summed E-state index contributed by atoms with van der Waals surface area (Å²) >= 11 is 1.80. The lowest BCUT2D eigenvalue weighted by Crippen LogP contribution is -2.44. The number of thiophene rings is 1. The summed E-state index contributed by atoms with van der Waals surface area (Å²) in [5, 5.41) is 2.12. The molecular formula is C19H22N4OS. The van der Waals surface area contributed by atoms with Gasteiger partial charge in [-0.3, -0.25) is 4.79 Å². The molecule has 1 aliphatic rings. The molecule has 0 bridgehead atoms. The quantitative estimate of drug-likeness (QED) is 0.718. The number of likely N-dealkylation sites (tertiary alicyclic amines) is 1. The van der Waals surface area contributed by atoms with Crippen LogP contribution in [0.5, 0.6) is 0 Å². The Kier molecular flexibility index (Phi) is 4.53. The van der Waals surface area contributed by atoms with Crippen molar-refractivity contribution in [2.45, 2.75) is 38.1 Å². The first-order valence-corrected chi connectivity index (χ1v) is 9.71. The van der Waals surface area contributed by atoms with Crippen LogP contribution in [0.4, 0.5) is 0 Å². The Bertz CT molecular complexity index is 871. The van der Waals surface area contributed by atoms with E-state index in [1.165, 1.54) is 11.3 Å². The molecule has 3 aromatic heterocycles. The van der Waals surface area contributed by atoms with E-state index in [4.69, 9.17) is 0 Å². The molecule has 4 rings (SSSR count). The van der Waals surface area contributed by atoms with Gasteiger partial charge in [0.25, 0.3) is 5.91 Å². The normalized spacial score (nSPS) is 18.0. The van der Waals surface area contributed by atoms with E-state index in [2.05, 4.69) is 32.4 Å². The molecule has 1 aliphatic heterocycles. The second kappa shape index (κ2) is 6.96. The molecule has 1 amide bonds. The van der Waals surface area contributed by atoms with Crippen molar-refractivity contribution < 1.29 is 4.79 Å². The van der Waals surface area contributed by atoms with Crippen molar-refractivity contribution in [2.75, 3.05) is 6.54 Å². The standard InChI is InChI=1S/C19H22N4OS/c1-22-13-21-17-11-14(12-20-18(17)22)19(24)23-9-3-2-5-15(23)7-8-16-6-4-10-25-16/h4,6,10-13,15H,2-3,5,7-9H2,1H3. The number of amides is 1. The van der Waals surface area contributed by atoms with E-state index in [9.17, 15) is 4.79 Å². The largest absolute Gasteiger partial charge is 0.336 e. The number of hydrogen-bond acceptors (Lipinski definition) is 4. The number of rotatable bonds is 4. The van der Waals surface area contributed by atoms with E-state index in [0.29, 0.717) is 11.6 Å². The highest BCUT2D eigenvalue weighted by atomic mass is 32.1. The Balaban J connectivity index is 1.52. The summed E-state index contributed by atoms with van der Waals surface area (Å²) in [5.74, 6) is 0.0935. The highest BCUT2D eigenvalue weighted by Crippen LogP contribution is 2.25. The zero-order valence-electron chi connectivity index (χ0n) is 14.4. The average molecular weight is 354 g/mol. The van der Waals surface area contributed by atoms with Crippen LogP contribution in [0.2, 0.25) is 0 Å². The molecule has 1 fully saturated rings. The van der Waals surface area contributed by atoms with Crippen LogP contribution >= 0.6 is 11.3 Å². The Morgan fingerprint density at radius 2 is 2.28 bits per heavy atom. The van der Waals surface area contributed by atoms with Crippen LogP contribution < -0.4 is 0 Å². The third-order valence-corrected chi connectivity index (χ3v) is 5.93. The highest BCUT2D eigenvalue weighted by molar-refractivity contribution is 7.09. The van der Waals surface area contributed by atoms with Gasteiger partial charge in [-0.2, -0.15) is 0 Å². The number of imidazole rings is 1. The number of fused-ring (bicyclic) bond motifs is 1. The molecule has 1 saturated heterocycles. The second-order valence-electron chi connectivity index (χ2n) is 6.69. The minimum atomic E-state index is 0.0935. The van der Waals surface area contributed by atoms with E-state index in [1.54, 1.807) is 23.9 Å². The monoisotopic (exact) mass is 354 g/mol. The van der Waals surface area contributed by atoms with Crippen molar-refractivity contribution >= 4 is 28.4 Å². The molecule has 1 unspecified atom stereocenters. The van der Waals surface area contributed by atoms with Crippen LogP contribution in [0.3, 0.4) is 0 Å². The molecular weight excluding hydrogens is 332 g/mol. The predicted molar refractivity (Wildman–Crippen MR) is 99.8 cm³/mol. The lowest BCUT2D eigenvalue weighted by atomic mass is 9.96. The molecule has 3 aromatic rings. The summed E-state index contributed by atoms with van der Waals surface area (Å²) in [4.78, 5) is 25.3. The molecule has 6 heteroatoms. The maximum atomic E-state index is 13.1. The lowest BCUT2D eigenvalue weighted by molar-refractivity contribution is 0.0602. The molecule has 0 saturated carbocycles. The topological polar surface area (TPSA) is 51.0 Å². The van der Waals surface area contributed by atoms with Gasteiger partial charge in [0.2, 0.25) is 0 Å². The molecule has 0 radical (unpaired) electrons. The van der Waals surface area contributed by atoms with Crippen LogP contribution in [0.15, 0.2) is 36.1 Å². The van der Waals surface area contributed by atoms with Crippen molar-refractivity contribution in [3.05, 3.63) is 46.5 Å². The fourth-order valence-corrected chi connectivity index (χ4v) is 4.36. The Labute approximate surface area is 151 Å². The van der Waals surface area contributed by atoms with Gasteiger partial charge in [0.05, 0.1) is 11.9 Å². The first kappa shape index (κ1) is 16.3. The Hall–Kier alpha value is -2.21. The fourth-order valence-electron chi connectivity index (χ4n) is 3.63. The summed E-state index contributed by atoms with van der Waals surface area (Å²) in [6, 6.07) is 6.47. The van der Waals surface area contributed by atoms with Crippen LogP contribution in [-0.2, 0) is 13.5 Å². The van der Waals surface area contributed by atoms with Gasteiger partial charge in [-0.15, -0.1) is 11.3 Å². The van der Waals surface area contributed by atoms with Crippen molar-refractivity contribution in [1.82, 2.24) is 19.4 Å². The maximum absolute atomic E-state index is 13.1. The molecule has 25 heavy (non-hydrogen) atoms. The minimum Gasteiger partial charge on any atom is -0.336 e. The van der Waals surface area contributed by atoms with Crippen molar-refractivity contribution in [3.63, 3.8) is 0 Å². The van der Waals surface area contributed by atoms with Crippen LogP contribution in [0.1, 0.15) is 40.9 Å². The van der Waals surface area contributed by atoms with E-state index < -0.39 is 0 Å². The minimum absolute atomic E-state index is 0.0935. The first-order valence-electron chi connectivity index (χ1n) is 8.83. The molecule has 0 aromatic carbocycles. The van der Waals surface area contributed by atoms with Gasteiger partial charge in [0, 0.05) is 30.7 Å². The average Bonchev–Trinajstić information content (AvgIpc) is 3.29. The summed E-state index contributed by atoms with van der Waals surface area (Å²) in [7, 11) is 1.91. The van der Waals surface area contributed by atoms with Crippen LogP contribution in [0.25, 0.3) is 11.2 Å². The summed E-state index contributed by atoms with van der Waals surface area (Å²) in [5.41, 5.74) is 2.24. The molecule has 5 nitrogen and oxygen atoms in total. The SMILES string of the molecule is Cn1cnc2cc(C(=O)N3CCCCC3CCc3cccs3)cnc21. The fraction of sp³-hybridized carbons (Fsp3) is 0.421. The van der Waals surface area contributed by atoms with E-state index >= 15 is 0 Å². The van der Waals surface area contributed by atoms with Gasteiger partial charge in [-0.25, -0.2) is 9.97 Å². The number of aromatic nitrogens is 3. The molecule has 0 aliphatic carbocycles. The van der Waals surface area contributed by atoms with Crippen LogP contribution in [-0.4, -0.2) is 37.9 Å². The summed E-state index contributed by atoms with van der Waals surface area (Å²) < 4.78 is 1.87. The van der Waals surface area contributed by atoms with Crippen molar-refractivity contribution in [3.8, 4) is 0 Å². The number of aryl methyl sites for hydroxylation is 2. The third-order valence-electron chi connectivity index (χ3n) is 4.99. The van der Waals surface area contributed by atoms with E-state index in [1.807, 2.05) is 17.7 Å². The zero-order chi connectivity index (χ0) is 17.2. The van der Waals surface area contributed by atoms with Gasteiger partial charge >= 0.3 is 0 Å². The molecule has 4 heterocycles. The molecule has 0 N–H and O–H groups in total. The Morgan fingerprint density at radius 1 is 1.36 bits per heavy atom. The van der Waals surface area contributed by atoms with Gasteiger partial charge in [0.1, 0.15) is 5.52 Å². The predicted octanol–water partition coefficient (Wildman–Crippen LogP) is 3.66. The number of carbonyl (C=O) groups is 1. The molecule has 1 atom stereocenters. The van der Waals surface area contributed by atoms with Gasteiger partial charge in [-0.05, 0) is 49.6 Å². The Morgan fingerprint density at radius 3 is 3.12 bits per heavy atom. The number of nitrogens with zero attached hydrogens (tertiary/aromatic N) is 4. The van der Waals surface area contributed by atoms with Gasteiger partial charge < -0.3 is 9.47 Å². The summed E-state index contributed by atoms with van der Waals surface area (Å²) in [6.07, 6.45) is 8.89. The van der Waals surface area contributed by atoms with Crippen LogP contribution in [0, 0.1) is 0 Å². The lowest BCUT2D eigenvalue weighted by Gasteiger charge is -2.36. The number of hydrogen-bond donors (Lipinski definition) is 0. The first-order chi connectivity index (χ1) is 12.2. The third kappa shape index (κ3) is 3.31. The molecule has 130 valence electrons. The smallest absolute Gasteiger partial charge is 0.255 e. The van der Waals surface area contributed by atoms with Crippen molar-refractivity contribution in [2.24, 2.45) is 7.05 Å². The number of carbonyl (C=O) groups excluding carboxylic acids is 1. The second-order valence-corrected chi connectivity index (χ2v) is 7.72. The van der Waals surface area contributed by atoms with Gasteiger partial charge in [-0.1, -0.05) is 6.07 Å². The van der Waals surface area contributed by atoms with Crippen molar-refractivity contribution in [1.29, 1.82) is 0 Å². The zero-order valence-corrected chi connectivity index (χ0v) is 15.2.